The van der Waals surface area contributed by atoms with Gasteiger partial charge in [-0.3, -0.25) is 15.0 Å². The molecule has 1 saturated heterocycles. The average molecular weight is 442 g/mol. The van der Waals surface area contributed by atoms with E-state index in [0.717, 1.165) is 64.5 Å². The van der Waals surface area contributed by atoms with E-state index >= 15 is 0 Å². The van der Waals surface area contributed by atoms with Gasteiger partial charge in [0.1, 0.15) is 6.61 Å². The van der Waals surface area contributed by atoms with Gasteiger partial charge in [-0.2, -0.15) is 0 Å². The van der Waals surface area contributed by atoms with Crippen LogP contribution in [0.1, 0.15) is 21.5 Å². The molecule has 0 spiro atoms. The van der Waals surface area contributed by atoms with Crippen molar-refractivity contribution in [2.24, 2.45) is 0 Å². The van der Waals surface area contributed by atoms with Gasteiger partial charge in [-0.25, -0.2) is 4.79 Å². The van der Waals surface area contributed by atoms with E-state index in [2.05, 4.69) is 20.9 Å². The highest BCUT2D eigenvalue weighted by atomic mass is 16.6. The predicted molar refractivity (Wildman–Crippen MR) is 123 cm³/mol. The Morgan fingerprint density at radius 3 is 1.94 bits per heavy atom. The van der Waals surface area contributed by atoms with Crippen molar-refractivity contribution < 1.29 is 14.5 Å². The first-order chi connectivity index (χ1) is 15.6. The van der Waals surface area contributed by atoms with Crippen LogP contribution in [0.15, 0.2) is 48.5 Å². The Bertz CT molecular complexity index is 846. The van der Waals surface area contributed by atoms with Crippen molar-refractivity contribution in [3.63, 3.8) is 0 Å². The van der Waals surface area contributed by atoms with Crippen LogP contribution in [0.4, 0.5) is 5.69 Å². The average Bonchev–Trinajstić information content (AvgIpc) is 2.80. The monoisotopic (exact) mass is 441 g/mol. The molecule has 1 aliphatic rings. The molecule has 0 unspecified atom stereocenters. The lowest BCUT2D eigenvalue weighted by atomic mass is 10.1. The van der Waals surface area contributed by atoms with Crippen LogP contribution in [0.5, 0.6) is 0 Å². The number of hydrogen-bond donors (Lipinski definition) is 3. The molecule has 9 heteroatoms. The molecule has 1 heterocycles. The van der Waals surface area contributed by atoms with Crippen LogP contribution in [-0.2, 0) is 17.9 Å². The minimum absolute atomic E-state index is 0.0106. The van der Waals surface area contributed by atoms with Gasteiger partial charge in [0.05, 0.1) is 10.5 Å². The molecule has 3 N–H and O–H groups in total. The Balaban J connectivity index is 1.49. The molecule has 0 bridgehead atoms. The molecular formula is C23H31N5O4. The molecule has 2 aromatic rings. The van der Waals surface area contributed by atoms with Crippen molar-refractivity contribution in [1.29, 1.82) is 0 Å². The number of rotatable bonds is 6. The second-order valence-corrected chi connectivity index (χ2v) is 7.72. The lowest BCUT2D eigenvalue weighted by Crippen LogP contribution is -2.41. The Labute approximate surface area is 188 Å². The fourth-order valence-electron chi connectivity index (χ4n) is 3.42. The molecule has 9 nitrogen and oxygen atoms in total. The third-order valence-corrected chi connectivity index (χ3v) is 5.28. The summed E-state index contributed by atoms with van der Waals surface area (Å²) in [6.45, 7) is 8.56. The third-order valence-electron chi connectivity index (χ3n) is 5.28. The quantitative estimate of drug-likeness (QED) is 0.352. The first-order valence-corrected chi connectivity index (χ1v) is 11.0. The lowest BCUT2D eigenvalue weighted by molar-refractivity contribution is -0.384. The predicted octanol–water partition coefficient (Wildman–Crippen LogP) is 1.54. The summed E-state index contributed by atoms with van der Waals surface area (Å²) in [6, 6.07) is 13.5. The van der Waals surface area contributed by atoms with Crippen LogP contribution in [0.3, 0.4) is 0 Å². The summed E-state index contributed by atoms with van der Waals surface area (Å²) in [7, 11) is 0. The number of non-ortho nitro benzene ring substituents is 1. The number of esters is 1. The zero-order valence-corrected chi connectivity index (χ0v) is 18.2. The molecule has 0 amide bonds. The van der Waals surface area contributed by atoms with Gasteiger partial charge in [0.15, 0.2) is 0 Å². The number of nitro groups is 1. The van der Waals surface area contributed by atoms with E-state index < -0.39 is 10.9 Å². The van der Waals surface area contributed by atoms with Gasteiger partial charge in [0, 0.05) is 71.0 Å². The van der Waals surface area contributed by atoms with Crippen molar-refractivity contribution in [3.05, 3.63) is 75.3 Å². The van der Waals surface area contributed by atoms with Crippen LogP contribution in [0.25, 0.3) is 0 Å². The number of hydrogen-bond acceptors (Lipinski definition) is 8. The van der Waals surface area contributed by atoms with Gasteiger partial charge in [0.25, 0.3) is 5.69 Å². The number of nitrogens with one attached hydrogen (secondary N) is 3. The van der Waals surface area contributed by atoms with Crippen LogP contribution in [0.2, 0.25) is 0 Å². The first-order valence-electron chi connectivity index (χ1n) is 11.0. The Morgan fingerprint density at radius 1 is 0.844 bits per heavy atom. The first kappa shape index (κ1) is 23.8. The number of ether oxygens (including phenoxy) is 1. The summed E-state index contributed by atoms with van der Waals surface area (Å²) in [5.41, 5.74) is 2.34. The maximum absolute atomic E-state index is 12.3. The van der Waals surface area contributed by atoms with Gasteiger partial charge >= 0.3 is 5.97 Å². The molecular weight excluding hydrogens is 410 g/mol. The molecule has 0 saturated carbocycles. The zero-order chi connectivity index (χ0) is 22.6. The fourth-order valence-corrected chi connectivity index (χ4v) is 3.42. The standard InChI is InChI=1S/C23H31N5O4/c29-23(32-18-20-3-7-22(8-4-20)28(30)31)21-5-1-19(2-6-21)17-27-15-13-25-11-9-24-10-12-26-14-16-27/h1-8,24-26H,9-18H2. The van der Waals surface area contributed by atoms with Crippen LogP contribution >= 0.6 is 0 Å². The normalized spacial score (nSPS) is 16.5. The minimum atomic E-state index is -0.458. The van der Waals surface area contributed by atoms with E-state index in [1.54, 1.807) is 24.3 Å². The summed E-state index contributed by atoms with van der Waals surface area (Å²) in [5.74, 6) is -0.414. The summed E-state index contributed by atoms with van der Waals surface area (Å²) >= 11 is 0. The number of nitrogens with zero attached hydrogens (tertiary/aromatic N) is 2. The maximum atomic E-state index is 12.3. The van der Waals surface area contributed by atoms with Gasteiger partial charge in [-0.15, -0.1) is 0 Å². The van der Waals surface area contributed by atoms with Crippen LogP contribution in [-0.4, -0.2) is 68.2 Å². The highest BCUT2D eigenvalue weighted by Gasteiger charge is 2.11. The van der Waals surface area contributed by atoms with Crippen molar-refractivity contribution in [2.45, 2.75) is 13.2 Å². The van der Waals surface area contributed by atoms with Crippen molar-refractivity contribution >= 4 is 11.7 Å². The van der Waals surface area contributed by atoms with Gasteiger partial charge in [0.2, 0.25) is 0 Å². The zero-order valence-electron chi connectivity index (χ0n) is 18.2. The van der Waals surface area contributed by atoms with E-state index in [1.165, 1.54) is 12.1 Å². The fraction of sp³-hybridized carbons (Fsp3) is 0.435. The van der Waals surface area contributed by atoms with Crippen LogP contribution < -0.4 is 16.0 Å². The smallest absolute Gasteiger partial charge is 0.338 e. The van der Waals surface area contributed by atoms with Gasteiger partial charge < -0.3 is 20.7 Å². The number of nitro benzene ring substituents is 1. The molecule has 3 rings (SSSR count). The van der Waals surface area contributed by atoms with Gasteiger partial charge in [-0.05, 0) is 35.4 Å². The summed E-state index contributed by atoms with van der Waals surface area (Å²) < 4.78 is 5.34. The molecule has 0 aliphatic carbocycles. The minimum Gasteiger partial charge on any atom is -0.457 e. The molecule has 1 fully saturated rings. The second kappa shape index (κ2) is 12.9. The van der Waals surface area contributed by atoms with Crippen molar-refractivity contribution in [1.82, 2.24) is 20.9 Å². The SMILES string of the molecule is O=C(OCc1ccc([N+](=O)[O-])cc1)c1ccc(CN2CCNCCNCCNCC2)cc1. The Kier molecular flexibility index (Phi) is 9.58. The molecule has 0 radical (unpaired) electrons. The summed E-state index contributed by atoms with van der Waals surface area (Å²) in [4.78, 5) is 25.0. The van der Waals surface area contributed by atoms with E-state index in [-0.39, 0.29) is 12.3 Å². The molecule has 2 aromatic carbocycles. The molecule has 0 atom stereocenters. The molecule has 172 valence electrons. The molecule has 32 heavy (non-hydrogen) atoms. The summed E-state index contributed by atoms with van der Waals surface area (Å²) in [6.07, 6.45) is 0. The second-order valence-electron chi connectivity index (χ2n) is 7.72. The number of carbonyl (C=O) groups excluding carboxylic acids is 1. The summed E-state index contributed by atoms with van der Waals surface area (Å²) in [5, 5.41) is 21.0. The Morgan fingerprint density at radius 2 is 1.38 bits per heavy atom. The lowest BCUT2D eigenvalue weighted by Gasteiger charge is -2.24. The highest BCUT2D eigenvalue weighted by molar-refractivity contribution is 5.89. The van der Waals surface area contributed by atoms with E-state index in [4.69, 9.17) is 4.74 Å². The van der Waals surface area contributed by atoms with Crippen molar-refractivity contribution in [3.8, 4) is 0 Å². The number of carbonyl (C=O) groups is 1. The van der Waals surface area contributed by atoms with E-state index in [1.807, 2.05) is 12.1 Å². The van der Waals surface area contributed by atoms with Crippen molar-refractivity contribution in [2.75, 3.05) is 52.4 Å². The topological polar surface area (TPSA) is 109 Å². The molecule has 1 aliphatic heterocycles. The highest BCUT2D eigenvalue weighted by Crippen LogP contribution is 2.14. The van der Waals surface area contributed by atoms with Gasteiger partial charge in [-0.1, -0.05) is 12.1 Å². The number of benzene rings is 2. The molecule has 0 aromatic heterocycles. The van der Waals surface area contributed by atoms with E-state index in [9.17, 15) is 14.9 Å². The van der Waals surface area contributed by atoms with Crippen LogP contribution in [0, 0.1) is 10.1 Å². The Hall–Kier alpha value is -2.85. The maximum Gasteiger partial charge on any atom is 0.338 e. The third kappa shape index (κ3) is 8.01. The largest absolute Gasteiger partial charge is 0.457 e. The van der Waals surface area contributed by atoms with E-state index in [0.29, 0.717) is 11.1 Å².